The van der Waals surface area contributed by atoms with Crippen molar-refractivity contribution in [2.75, 3.05) is 25.7 Å². The van der Waals surface area contributed by atoms with E-state index in [0.717, 1.165) is 12.2 Å². The first-order valence-electron chi connectivity index (χ1n) is 8.34. The van der Waals surface area contributed by atoms with E-state index in [0.29, 0.717) is 18.0 Å². The summed E-state index contributed by atoms with van der Waals surface area (Å²) in [6.07, 6.45) is 0.816. The molecule has 0 bridgehead atoms. The van der Waals surface area contributed by atoms with Crippen LogP contribution in [0.3, 0.4) is 0 Å². The van der Waals surface area contributed by atoms with Crippen LogP contribution in [-0.2, 0) is 9.53 Å². The molecule has 0 unspecified atom stereocenters. The highest BCUT2D eigenvalue weighted by Gasteiger charge is 2.21. The maximum atomic E-state index is 12.1. The van der Waals surface area contributed by atoms with Gasteiger partial charge in [-0.1, -0.05) is 29.8 Å². The molecule has 0 fully saturated rings. The maximum absolute atomic E-state index is 12.1. The average molecular weight is 408 g/mol. The van der Waals surface area contributed by atoms with Gasteiger partial charge in [0.05, 0.1) is 10.6 Å². The normalized spacial score (nSPS) is 11.9. The van der Waals surface area contributed by atoms with E-state index in [-0.39, 0.29) is 29.9 Å². The summed E-state index contributed by atoms with van der Waals surface area (Å²) in [6.45, 7) is 0.224. The number of benzene rings is 2. The molecule has 6 nitrogen and oxygen atoms in total. The monoisotopic (exact) mass is 407 g/mol. The lowest BCUT2D eigenvalue weighted by molar-refractivity contribution is -0.124. The molecule has 1 N–H and O–H groups in total. The Balaban J connectivity index is 1.35. The van der Waals surface area contributed by atoms with Crippen LogP contribution in [0.1, 0.15) is 16.8 Å². The Morgan fingerprint density at radius 1 is 1.19 bits per heavy atom. The Kier molecular flexibility index (Phi) is 6.84. The number of rotatable bonds is 8. The number of ether oxygens (including phenoxy) is 3. The van der Waals surface area contributed by atoms with E-state index in [2.05, 4.69) is 5.32 Å². The van der Waals surface area contributed by atoms with Gasteiger partial charge in [0.15, 0.2) is 18.1 Å². The quantitative estimate of drug-likeness (QED) is 0.410. The van der Waals surface area contributed by atoms with E-state index in [9.17, 15) is 9.59 Å². The number of carbonyl (C=O) groups excluding carboxylic acids is 2. The predicted octanol–water partition coefficient (Wildman–Crippen LogP) is 3.52. The molecule has 2 aromatic rings. The number of nitrogens with one attached hydrogen (secondary N) is 1. The molecule has 0 atom stereocenters. The molecule has 1 heterocycles. The fraction of sp³-hybridized carbons (Fsp3) is 0.263. The third kappa shape index (κ3) is 5.55. The van der Waals surface area contributed by atoms with Crippen LogP contribution in [0.5, 0.6) is 11.5 Å². The van der Waals surface area contributed by atoms with Crippen LogP contribution in [0.2, 0.25) is 5.02 Å². The van der Waals surface area contributed by atoms with Crippen LogP contribution < -0.4 is 14.8 Å². The van der Waals surface area contributed by atoms with Crippen molar-refractivity contribution < 1.29 is 23.8 Å². The Bertz CT molecular complexity index is 815. The van der Waals surface area contributed by atoms with Gasteiger partial charge < -0.3 is 19.5 Å². The van der Waals surface area contributed by atoms with Crippen molar-refractivity contribution >= 4 is 35.2 Å². The Morgan fingerprint density at radius 3 is 2.81 bits per heavy atom. The second-order valence-corrected chi connectivity index (χ2v) is 7.21. The molecular weight excluding hydrogens is 390 g/mol. The van der Waals surface area contributed by atoms with Gasteiger partial charge in [-0.05, 0) is 36.4 Å². The maximum Gasteiger partial charge on any atom is 0.338 e. The second-order valence-electron chi connectivity index (χ2n) is 5.63. The lowest BCUT2D eigenvalue weighted by atomic mass is 10.2. The Labute approximate surface area is 166 Å². The van der Waals surface area contributed by atoms with Gasteiger partial charge in [-0.25, -0.2) is 4.79 Å². The zero-order chi connectivity index (χ0) is 19.1. The van der Waals surface area contributed by atoms with Crippen molar-refractivity contribution in [3.8, 4) is 11.5 Å². The molecule has 0 aromatic heterocycles. The summed E-state index contributed by atoms with van der Waals surface area (Å²) in [5.41, 5.74) is 0.205. The number of hydrogen-bond donors (Lipinski definition) is 1. The number of thioether (sulfide) groups is 1. The largest absolute Gasteiger partial charge is 0.454 e. The van der Waals surface area contributed by atoms with Crippen molar-refractivity contribution in [2.24, 2.45) is 0 Å². The fourth-order valence-electron chi connectivity index (χ4n) is 2.36. The van der Waals surface area contributed by atoms with Gasteiger partial charge in [-0.2, -0.15) is 0 Å². The van der Waals surface area contributed by atoms with Crippen LogP contribution >= 0.6 is 23.4 Å². The molecule has 0 aliphatic carbocycles. The molecule has 1 aliphatic heterocycles. The van der Waals surface area contributed by atoms with Crippen LogP contribution in [0.25, 0.3) is 0 Å². The molecule has 2 aromatic carbocycles. The Hall–Kier alpha value is -2.38. The van der Waals surface area contributed by atoms with Gasteiger partial charge in [0.2, 0.25) is 6.79 Å². The SMILES string of the molecule is O=C(COC(=O)c1cc(Cl)c2c(c1)OCO2)NCCCSc1ccccc1. The van der Waals surface area contributed by atoms with Crippen LogP contribution in [0, 0.1) is 0 Å². The first kappa shape index (κ1) is 19.4. The summed E-state index contributed by atoms with van der Waals surface area (Å²) in [5.74, 6) is 0.679. The number of hydrogen-bond acceptors (Lipinski definition) is 6. The number of carbonyl (C=O) groups is 2. The fourth-order valence-corrected chi connectivity index (χ4v) is 3.50. The summed E-state index contributed by atoms with van der Waals surface area (Å²) in [4.78, 5) is 25.1. The predicted molar refractivity (Wildman–Crippen MR) is 103 cm³/mol. The lowest BCUT2D eigenvalue weighted by Crippen LogP contribution is -2.29. The second kappa shape index (κ2) is 9.53. The molecule has 142 valence electrons. The first-order chi connectivity index (χ1) is 13.1. The van der Waals surface area contributed by atoms with E-state index < -0.39 is 5.97 Å². The van der Waals surface area contributed by atoms with Gasteiger partial charge in [0.1, 0.15) is 0 Å². The van der Waals surface area contributed by atoms with E-state index >= 15 is 0 Å². The summed E-state index contributed by atoms with van der Waals surface area (Å²) >= 11 is 7.76. The number of halogens is 1. The molecule has 0 radical (unpaired) electrons. The number of esters is 1. The van der Waals surface area contributed by atoms with E-state index in [1.807, 2.05) is 30.3 Å². The van der Waals surface area contributed by atoms with Gasteiger partial charge >= 0.3 is 5.97 Å². The lowest BCUT2D eigenvalue weighted by Gasteiger charge is -2.08. The summed E-state index contributed by atoms with van der Waals surface area (Å²) < 4.78 is 15.4. The molecule has 0 saturated heterocycles. The van der Waals surface area contributed by atoms with E-state index in [1.165, 1.54) is 17.0 Å². The highest BCUT2D eigenvalue weighted by molar-refractivity contribution is 7.99. The summed E-state index contributed by atoms with van der Waals surface area (Å²) in [7, 11) is 0. The minimum absolute atomic E-state index is 0.0541. The van der Waals surface area contributed by atoms with Crippen LogP contribution in [-0.4, -0.2) is 37.6 Å². The smallest absolute Gasteiger partial charge is 0.338 e. The minimum Gasteiger partial charge on any atom is -0.454 e. The molecule has 1 amide bonds. The van der Waals surface area contributed by atoms with E-state index in [4.69, 9.17) is 25.8 Å². The molecule has 8 heteroatoms. The van der Waals surface area contributed by atoms with Crippen molar-refractivity contribution in [1.29, 1.82) is 0 Å². The third-order valence-corrected chi connectivity index (χ3v) is 5.03. The highest BCUT2D eigenvalue weighted by atomic mass is 35.5. The standard InChI is InChI=1S/C19H18ClNO5S/c20-15-9-13(10-16-18(15)26-12-25-16)19(23)24-11-17(22)21-7-4-8-27-14-5-2-1-3-6-14/h1-3,5-6,9-10H,4,7-8,11-12H2,(H,21,22). The topological polar surface area (TPSA) is 73.9 Å². The zero-order valence-electron chi connectivity index (χ0n) is 14.4. The summed E-state index contributed by atoms with van der Waals surface area (Å²) in [6, 6.07) is 13.0. The van der Waals surface area contributed by atoms with Crippen molar-refractivity contribution in [1.82, 2.24) is 5.32 Å². The number of fused-ring (bicyclic) bond motifs is 1. The van der Waals surface area contributed by atoms with Gasteiger partial charge in [0, 0.05) is 11.4 Å². The zero-order valence-corrected chi connectivity index (χ0v) is 16.0. The first-order valence-corrected chi connectivity index (χ1v) is 9.70. The molecule has 0 saturated carbocycles. The van der Waals surface area contributed by atoms with Crippen molar-refractivity contribution in [2.45, 2.75) is 11.3 Å². The van der Waals surface area contributed by atoms with Gasteiger partial charge in [-0.15, -0.1) is 11.8 Å². The van der Waals surface area contributed by atoms with Crippen LogP contribution in [0.15, 0.2) is 47.4 Å². The minimum atomic E-state index is -0.648. The third-order valence-electron chi connectivity index (χ3n) is 3.65. The van der Waals surface area contributed by atoms with Gasteiger partial charge in [-0.3, -0.25) is 4.79 Å². The Morgan fingerprint density at radius 2 is 2.00 bits per heavy atom. The average Bonchev–Trinajstić information content (AvgIpc) is 3.16. The molecule has 3 rings (SSSR count). The van der Waals surface area contributed by atoms with Gasteiger partial charge in [0.25, 0.3) is 5.91 Å². The van der Waals surface area contributed by atoms with Crippen molar-refractivity contribution in [3.05, 3.63) is 53.1 Å². The molecule has 27 heavy (non-hydrogen) atoms. The molecule has 0 spiro atoms. The summed E-state index contributed by atoms with van der Waals surface area (Å²) in [5, 5.41) is 2.99. The highest BCUT2D eigenvalue weighted by Crippen LogP contribution is 2.39. The van der Waals surface area contributed by atoms with Crippen molar-refractivity contribution in [3.63, 3.8) is 0 Å². The van der Waals surface area contributed by atoms with Crippen LogP contribution in [0.4, 0.5) is 0 Å². The van der Waals surface area contributed by atoms with E-state index in [1.54, 1.807) is 11.8 Å². The molecular formula is C19H18ClNO5S. The molecule has 1 aliphatic rings. The number of amides is 1.